The lowest BCUT2D eigenvalue weighted by Crippen LogP contribution is -2.21. The second kappa shape index (κ2) is 6.04. The van der Waals surface area contributed by atoms with E-state index in [1.165, 1.54) is 19.2 Å². The highest BCUT2D eigenvalue weighted by atomic mass is 19.1. The molecule has 0 aliphatic heterocycles. The van der Waals surface area contributed by atoms with Crippen molar-refractivity contribution in [1.29, 1.82) is 0 Å². The molecule has 0 radical (unpaired) electrons. The van der Waals surface area contributed by atoms with E-state index < -0.39 is 11.9 Å². The first-order valence-corrected chi connectivity index (χ1v) is 6.69. The van der Waals surface area contributed by atoms with Crippen molar-refractivity contribution in [2.75, 3.05) is 7.11 Å². The monoisotopic (exact) mass is 266 g/mol. The minimum absolute atomic E-state index is 0.161. The first-order chi connectivity index (χ1) is 9.13. The highest BCUT2D eigenvalue weighted by molar-refractivity contribution is 5.71. The Hall–Kier alpha value is -1.58. The highest BCUT2D eigenvalue weighted by Gasteiger charge is 2.32. The van der Waals surface area contributed by atoms with Gasteiger partial charge in [0.05, 0.1) is 13.0 Å². The average molecular weight is 266 g/mol. The lowest BCUT2D eigenvalue weighted by atomic mass is 9.82. The highest BCUT2D eigenvalue weighted by Crippen LogP contribution is 2.40. The summed E-state index contributed by atoms with van der Waals surface area (Å²) in [5, 5.41) is 9.39. The number of rotatable bonds is 3. The second-order valence-corrected chi connectivity index (χ2v) is 5.08. The van der Waals surface area contributed by atoms with Crippen LogP contribution in [0.25, 0.3) is 0 Å². The van der Waals surface area contributed by atoms with E-state index in [1.807, 2.05) is 0 Å². The van der Waals surface area contributed by atoms with Crippen molar-refractivity contribution < 1.29 is 19.0 Å². The van der Waals surface area contributed by atoms with Crippen molar-refractivity contribution in [1.82, 2.24) is 0 Å². The normalized spacial score (nSPS) is 23.7. The summed E-state index contributed by atoms with van der Waals surface area (Å²) in [5.74, 6) is -1.16. The maximum Gasteiger partial charge on any atom is 0.307 e. The molecule has 1 aliphatic carbocycles. The quantitative estimate of drug-likeness (QED) is 0.850. The molecule has 1 N–H and O–H groups in total. The maximum absolute atomic E-state index is 13.5. The lowest BCUT2D eigenvalue weighted by molar-refractivity contribution is -0.142. The minimum Gasteiger partial charge on any atom is -0.496 e. The molecule has 0 saturated heterocycles. The van der Waals surface area contributed by atoms with Gasteiger partial charge in [0, 0.05) is 11.5 Å². The molecule has 1 fully saturated rings. The molecule has 0 spiro atoms. The van der Waals surface area contributed by atoms with Crippen LogP contribution in [0.3, 0.4) is 0 Å². The van der Waals surface area contributed by atoms with Crippen LogP contribution in [-0.4, -0.2) is 18.2 Å². The molecule has 0 aromatic heterocycles. The number of halogens is 1. The van der Waals surface area contributed by atoms with E-state index in [4.69, 9.17) is 4.74 Å². The number of hydrogen-bond donors (Lipinski definition) is 1. The fraction of sp³-hybridized carbons (Fsp3) is 0.533. The summed E-state index contributed by atoms with van der Waals surface area (Å²) in [5.41, 5.74) is 0.691. The van der Waals surface area contributed by atoms with Gasteiger partial charge < -0.3 is 9.84 Å². The van der Waals surface area contributed by atoms with Gasteiger partial charge in [-0.3, -0.25) is 4.79 Å². The van der Waals surface area contributed by atoms with Gasteiger partial charge in [0.15, 0.2) is 0 Å². The standard InChI is InChI=1S/C15H19FO3/c1-19-14-8-7-10(16)9-13(14)11-5-3-2-4-6-12(11)15(17)18/h7-9,11-12H,2-6H2,1H3,(H,17,18). The average Bonchev–Trinajstić information content (AvgIpc) is 2.64. The summed E-state index contributed by atoms with van der Waals surface area (Å²) in [6, 6.07) is 4.34. The van der Waals surface area contributed by atoms with Gasteiger partial charge in [-0.05, 0) is 31.0 Å². The van der Waals surface area contributed by atoms with Gasteiger partial charge in [-0.25, -0.2) is 4.39 Å². The van der Waals surface area contributed by atoms with Crippen molar-refractivity contribution in [3.05, 3.63) is 29.6 Å². The molecule has 2 rings (SSSR count). The molecule has 19 heavy (non-hydrogen) atoms. The number of carboxylic acids is 1. The first-order valence-electron chi connectivity index (χ1n) is 6.69. The summed E-state index contributed by atoms with van der Waals surface area (Å²) < 4.78 is 18.7. The molecule has 104 valence electrons. The van der Waals surface area contributed by atoms with Gasteiger partial charge >= 0.3 is 5.97 Å². The van der Waals surface area contributed by atoms with E-state index >= 15 is 0 Å². The molecule has 3 nitrogen and oxygen atoms in total. The molecular formula is C15H19FO3. The van der Waals surface area contributed by atoms with E-state index in [1.54, 1.807) is 6.07 Å². The van der Waals surface area contributed by atoms with Crippen LogP contribution in [0.15, 0.2) is 18.2 Å². The molecule has 0 bridgehead atoms. The SMILES string of the molecule is COc1ccc(F)cc1C1CCCCCC1C(=O)O. The second-order valence-electron chi connectivity index (χ2n) is 5.08. The third-order valence-electron chi connectivity index (χ3n) is 3.92. The van der Waals surface area contributed by atoms with Crippen LogP contribution in [0.1, 0.15) is 43.6 Å². The number of benzene rings is 1. The van der Waals surface area contributed by atoms with Gasteiger partial charge in [0.2, 0.25) is 0 Å². The summed E-state index contributed by atoms with van der Waals surface area (Å²) in [6.45, 7) is 0. The number of carbonyl (C=O) groups is 1. The van der Waals surface area contributed by atoms with E-state index in [-0.39, 0.29) is 11.7 Å². The van der Waals surface area contributed by atoms with Gasteiger partial charge in [0.25, 0.3) is 0 Å². The van der Waals surface area contributed by atoms with Crippen LogP contribution in [0.4, 0.5) is 4.39 Å². The Morgan fingerprint density at radius 1 is 1.32 bits per heavy atom. The van der Waals surface area contributed by atoms with Crippen LogP contribution in [0.5, 0.6) is 5.75 Å². The first kappa shape index (κ1) is 13.8. The molecule has 2 unspecified atom stereocenters. The lowest BCUT2D eigenvalue weighted by Gasteiger charge is -2.23. The molecule has 2 atom stereocenters. The number of ether oxygens (including phenoxy) is 1. The molecule has 4 heteroatoms. The van der Waals surface area contributed by atoms with E-state index in [0.717, 1.165) is 25.7 Å². The summed E-state index contributed by atoms with van der Waals surface area (Å²) in [6.07, 6.45) is 4.37. The Kier molecular flexibility index (Phi) is 4.40. The molecular weight excluding hydrogens is 247 g/mol. The zero-order chi connectivity index (χ0) is 13.8. The van der Waals surface area contributed by atoms with Crippen molar-refractivity contribution in [2.45, 2.75) is 38.0 Å². The number of carboxylic acid groups (broad SMARTS) is 1. The fourth-order valence-electron chi connectivity index (χ4n) is 2.97. The predicted octanol–water partition coefficient (Wildman–Crippen LogP) is 3.58. The van der Waals surface area contributed by atoms with Crippen molar-refractivity contribution in [2.24, 2.45) is 5.92 Å². The Balaban J connectivity index is 2.40. The molecule has 0 heterocycles. The van der Waals surface area contributed by atoms with Gasteiger partial charge in [-0.1, -0.05) is 19.3 Å². The predicted molar refractivity (Wildman–Crippen MR) is 69.9 cm³/mol. The number of aliphatic carboxylic acids is 1. The Bertz CT molecular complexity index is 459. The van der Waals surface area contributed by atoms with E-state index in [0.29, 0.717) is 17.7 Å². The zero-order valence-corrected chi connectivity index (χ0v) is 11.1. The summed E-state index contributed by atoms with van der Waals surface area (Å²) >= 11 is 0. The largest absolute Gasteiger partial charge is 0.496 e. The van der Waals surface area contributed by atoms with Crippen LogP contribution >= 0.6 is 0 Å². The number of methoxy groups -OCH3 is 1. The third-order valence-corrected chi connectivity index (χ3v) is 3.92. The van der Waals surface area contributed by atoms with E-state index in [2.05, 4.69) is 0 Å². The molecule has 1 aromatic rings. The third kappa shape index (κ3) is 3.06. The van der Waals surface area contributed by atoms with Crippen molar-refractivity contribution in [3.8, 4) is 5.75 Å². The number of hydrogen-bond acceptors (Lipinski definition) is 2. The van der Waals surface area contributed by atoms with Gasteiger partial charge in [-0.2, -0.15) is 0 Å². The van der Waals surface area contributed by atoms with Gasteiger partial charge in [-0.15, -0.1) is 0 Å². The van der Waals surface area contributed by atoms with Crippen molar-refractivity contribution in [3.63, 3.8) is 0 Å². The fourth-order valence-corrected chi connectivity index (χ4v) is 2.97. The smallest absolute Gasteiger partial charge is 0.307 e. The molecule has 1 saturated carbocycles. The van der Waals surface area contributed by atoms with Crippen LogP contribution in [-0.2, 0) is 4.79 Å². The van der Waals surface area contributed by atoms with Crippen LogP contribution < -0.4 is 4.74 Å². The minimum atomic E-state index is -0.793. The Morgan fingerprint density at radius 3 is 2.74 bits per heavy atom. The molecule has 0 amide bonds. The van der Waals surface area contributed by atoms with Crippen LogP contribution in [0.2, 0.25) is 0 Å². The van der Waals surface area contributed by atoms with Crippen LogP contribution in [0, 0.1) is 11.7 Å². The summed E-state index contributed by atoms with van der Waals surface area (Å²) in [7, 11) is 1.53. The van der Waals surface area contributed by atoms with Gasteiger partial charge in [0.1, 0.15) is 11.6 Å². The molecule has 1 aromatic carbocycles. The Labute approximate surface area is 112 Å². The molecule has 1 aliphatic rings. The summed E-state index contributed by atoms with van der Waals surface area (Å²) in [4.78, 5) is 11.4. The Morgan fingerprint density at radius 2 is 2.05 bits per heavy atom. The van der Waals surface area contributed by atoms with Crippen molar-refractivity contribution >= 4 is 5.97 Å². The zero-order valence-electron chi connectivity index (χ0n) is 11.1. The topological polar surface area (TPSA) is 46.5 Å². The van der Waals surface area contributed by atoms with E-state index in [9.17, 15) is 14.3 Å². The maximum atomic E-state index is 13.5.